The van der Waals surface area contributed by atoms with Gasteiger partial charge in [0.05, 0.1) is 46.2 Å². The first kappa shape index (κ1) is 50.5. The number of quaternary nitrogens is 1. The topological polar surface area (TPSA) is 107 Å². The summed E-state index contributed by atoms with van der Waals surface area (Å²) in [7, 11) is 1.30. The van der Waals surface area contributed by atoms with E-state index in [1.165, 1.54) is 89.9 Å². The van der Waals surface area contributed by atoms with Crippen LogP contribution < -0.4 is 4.89 Å². The zero-order valence-electron chi connectivity index (χ0n) is 35.4. The fraction of sp³-hybridized carbons (Fsp3) is 0.841. The molecule has 1 saturated heterocycles. The Morgan fingerprint density at radius 2 is 1.22 bits per heavy atom. The number of phosphoric ester groups is 1. The van der Waals surface area contributed by atoms with Crippen molar-refractivity contribution in [3.05, 3.63) is 36.6 Å². The van der Waals surface area contributed by atoms with Crippen LogP contribution in [0.1, 0.15) is 174 Å². The lowest BCUT2D eigenvalue weighted by Gasteiger charge is -2.28. The van der Waals surface area contributed by atoms with Gasteiger partial charge in [0, 0.05) is 6.42 Å². The van der Waals surface area contributed by atoms with Gasteiger partial charge in [-0.05, 0) is 76.7 Å². The lowest BCUT2D eigenvalue weighted by atomic mass is 10.1. The first-order valence-electron chi connectivity index (χ1n) is 21.9. The van der Waals surface area contributed by atoms with E-state index < -0.39 is 13.9 Å². The quantitative estimate of drug-likeness (QED) is 0.0115. The number of carbonyl (C=O) groups excluding carboxylic acids is 1. The minimum atomic E-state index is -4.55. The number of epoxide rings is 1. The van der Waals surface area contributed by atoms with Gasteiger partial charge in [-0.25, -0.2) is 0 Å². The molecule has 0 N–H and O–H groups in total. The molecule has 0 amide bonds. The number of phosphoric acid groups is 1. The highest BCUT2D eigenvalue weighted by molar-refractivity contribution is 7.45. The third-order valence-electron chi connectivity index (χ3n) is 9.65. The van der Waals surface area contributed by atoms with Crippen LogP contribution in [-0.2, 0) is 32.6 Å². The standard InChI is InChI=1S/C44H82NO8P/c1-6-8-10-11-12-13-14-15-16-17-18-19-22-25-28-32-37-49-39-41(40-51-54(47,48)50-38-36-45(3,4)5)52-44(46)35-31-27-24-21-20-23-26-30-34-43-42(53-43)33-29-9-7-2/h15-16,26,30,32,37,41-43H,6-14,17-25,27-29,31,33-36,38-40H2,1-5H3/b16-15-,30-26-,37-32+/t41-,42?,43?/m1/s1. The molecule has 1 fully saturated rings. The van der Waals surface area contributed by atoms with Crippen molar-refractivity contribution in [1.29, 1.82) is 0 Å². The largest absolute Gasteiger partial charge is 0.756 e. The number of hydrogen-bond acceptors (Lipinski definition) is 8. The Morgan fingerprint density at radius 1 is 0.685 bits per heavy atom. The molecule has 0 bridgehead atoms. The van der Waals surface area contributed by atoms with Gasteiger partial charge in [-0.15, -0.1) is 0 Å². The van der Waals surface area contributed by atoms with Gasteiger partial charge in [-0.2, -0.15) is 0 Å². The maximum Gasteiger partial charge on any atom is 0.306 e. The fourth-order valence-electron chi connectivity index (χ4n) is 6.10. The molecule has 54 heavy (non-hydrogen) atoms. The van der Waals surface area contributed by atoms with E-state index in [1.54, 1.807) is 6.26 Å². The maximum atomic E-state index is 12.7. The van der Waals surface area contributed by atoms with Gasteiger partial charge in [0.25, 0.3) is 7.82 Å². The molecular formula is C44H82NO8P. The first-order chi connectivity index (χ1) is 26.1. The zero-order valence-corrected chi connectivity index (χ0v) is 36.3. The summed E-state index contributed by atoms with van der Waals surface area (Å²) in [4.78, 5) is 25.0. The summed E-state index contributed by atoms with van der Waals surface area (Å²) in [5.41, 5.74) is 0. The lowest BCUT2D eigenvalue weighted by molar-refractivity contribution is -0.870. The molecule has 316 valence electrons. The highest BCUT2D eigenvalue weighted by Crippen LogP contribution is 2.38. The Balaban J connectivity index is 2.26. The molecule has 0 radical (unpaired) electrons. The van der Waals surface area contributed by atoms with Crippen LogP contribution in [0.15, 0.2) is 36.6 Å². The van der Waals surface area contributed by atoms with Gasteiger partial charge in [0.1, 0.15) is 19.8 Å². The second-order valence-electron chi connectivity index (χ2n) is 16.1. The number of hydrogen-bond donors (Lipinski definition) is 0. The van der Waals surface area contributed by atoms with Crippen molar-refractivity contribution < 1.29 is 42.0 Å². The van der Waals surface area contributed by atoms with E-state index in [0.717, 1.165) is 64.2 Å². The smallest absolute Gasteiger partial charge is 0.306 e. The van der Waals surface area contributed by atoms with Crippen LogP contribution in [0.25, 0.3) is 0 Å². The molecule has 1 aliphatic rings. The molecule has 1 aliphatic heterocycles. The Bertz CT molecular complexity index is 1030. The Hall–Kier alpha value is -1.48. The number of likely N-dealkylation sites (N-methyl/N-ethyl adjacent to an activating group) is 1. The summed E-state index contributed by atoms with van der Waals surface area (Å²) in [5, 5.41) is 0. The highest BCUT2D eigenvalue weighted by atomic mass is 31.2. The monoisotopic (exact) mass is 784 g/mol. The minimum Gasteiger partial charge on any atom is -0.756 e. The molecule has 0 aromatic carbocycles. The lowest BCUT2D eigenvalue weighted by Crippen LogP contribution is -2.37. The van der Waals surface area contributed by atoms with Gasteiger partial charge in [-0.3, -0.25) is 9.36 Å². The Kier molecular flexibility index (Phi) is 31.5. The summed E-state index contributed by atoms with van der Waals surface area (Å²) >= 11 is 0. The van der Waals surface area contributed by atoms with E-state index in [1.807, 2.05) is 27.2 Å². The molecule has 0 saturated carbocycles. The average Bonchev–Trinajstić information content (AvgIpc) is 3.87. The number of ether oxygens (including phenoxy) is 3. The van der Waals surface area contributed by atoms with E-state index >= 15 is 0 Å². The van der Waals surface area contributed by atoms with Crippen molar-refractivity contribution in [2.45, 2.75) is 193 Å². The number of nitrogens with zero attached hydrogens (tertiary/aromatic N) is 1. The van der Waals surface area contributed by atoms with Crippen LogP contribution in [0.3, 0.4) is 0 Å². The van der Waals surface area contributed by atoms with Crippen molar-refractivity contribution in [2.75, 3.05) is 47.5 Å². The van der Waals surface area contributed by atoms with E-state index in [4.69, 9.17) is 23.3 Å². The summed E-state index contributed by atoms with van der Waals surface area (Å²) < 4.78 is 40.1. The summed E-state index contributed by atoms with van der Waals surface area (Å²) in [6, 6.07) is 0. The third kappa shape index (κ3) is 33.8. The van der Waals surface area contributed by atoms with Crippen LogP contribution in [0, 0.1) is 0 Å². The van der Waals surface area contributed by atoms with Crippen molar-refractivity contribution in [2.24, 2.45) is 0 Å². The van der Waals surface area contributed by atoms with Gasteiger partial charge in [0.15, 0.2) is 6.10 Å². The SMILES string of the molecule is CCCCCCCC/C=C\CCCCCC/C=C/OC[C@H](COP(=O)([O-])OCC[N+](C)(C)C)OC(=O)CCCCCCC/C=C\CC1OC1CCCCC. The molecule has 4 atom stereocenters. The molecule has 9 nitrogen and oxygen atoms in total. The molecule has 1 heterocycles. The zero-order chi connectivity index (χ0) is 39.6. The second kappa shape index (κ2) is 33.6. The molecule has 0 aromatic heterocycles. The molecule has 1 rings (SSSR count). The van der Waals surface area contributed by atoms with Crippen LogP contribution in [0.4, 0.5) is 0 Å². The van der Waals surface area contributed by atoms with Crippen molar-refractivity contribution >= 4 is 13.8 Å². The summed E-state index contributed by atoms with van der Waals surface area (Å²) in [6.45, 7) is 4.66. The number of carbonyl (C=O) groups is 1. The minimum absolute atomic E-state index is 0.00605. The van der Waals surface area contributed by atoms with Crippen LogP contribution in [0.5, 0.6) is 0 Å². The number of unbranched alkanes of at least 4 members (excludes halogenated alkanes) is 18. The predicted octanol–water partition coefficient (Wildman–Crippen LogP) is 11.3. The predicted molar refractivity (Wildman–Crippen MR) is 221 cm³/mol. The molecule has 0 aliphatic carbocycles. The van der Waals surface area contributed by atoms with E-state index in [9.17, 15) is 14.3 Å². The van der Waals surface area contributed by atoms with Crippen LogP contribution in [0.2, 0.25) is 0 Å². The molecule has 3 unspecified atom stereocenters. The maximum absolute atomic E-state index is 12.7. The third-order valence-corrected chi connectivity index (χ3v) is 10.6. The van der Waals surface area contributed by atoms with Gasteiger partial charge >= 0.3 is 5.97 Å². The Morgan fingerprint density at radius 3 is 1.83 bits per heavy atom. The van der Waals surface area contributed by atoms with Crippen molar-refractivity contribution in [1.82, 2.24) is 0 Å². The summed E-state index contributed by atoms with van der Waals surface area (Å²) in [6.07, 6.45) is 41.3. The molecule has 0 spiro atoms. The van der Waals surface area contributed by atoms with E-state index in [2.05, 4.69) is 38.2 Å². The molecular weight excluding hydrogens is 701 g/mol. The summed E-state index contributed by atoms with van der Waals surface area (Å²) in [5.74, 6) is -0.377. The molecule has 10 heteroatoms. The van der Waals surface area contributed by atoms with E-state index in [0.29, 0.717) is 23.2 Å². The van der Waals surface area contributed by atoms with Crippen molar-refractivity contribution in [3.8, 4) is 0 Å². The molecule has 0 aromatic rings. The fourth-order valence-corrected chi connectivity index (χ4v) is 6.83. The van der Waals surface area contributed by atoms with Crippen LogP contribution >= 0.6 is 7.82 Å². The van der Waals surface area contributed by atoms with Crippen molar-refractivity contribution in [3.63, 3.8) is 0 Å². The number of rotatable bonds is 39. The van der Waals surface area contributed by atoms with Crippen LogP contribution in [-0.4, -0.2) is 76.3 Å². The highest BCUT2D eigenvalue weighted by Gasteiger charge is 2.36. The average molecular weight is 784 g/mol. The Labute approximate surface area is 331 Å². The number of allylic oxidation sites excluding steroid dienone is 4. The van der Waals surface area contributed by atoms with E-state index in [-0.39, 0.29) is 32.2 Å². The normalized spacial score (nSPS) is 17.8. The van der Waals surface area contributed by atoms with Gasteiger partial charge < -0.3 is 32.6 Å². The van der Waals surface area contributed by atoms with Gasteiger partial charge in [0.2, 0.25) is 0 Å². The van der Waals surface area contributed by atoms with Gasteiger partial charge in [-0.1, -0.05) is 122 Å². The second-order valence-corrected chi connectivity index (χ2v) is 17.6. The first-order valence-corrected chi connectivity index (χ1v) is 23.3. The number of esters is 1.